The average molecular weight is 569 g/mol. The van der Waals surface area contributed by atoms with Crippen molar-refractivity contribution in [1.82, 2.24) is 0 Å². The molecule has 0 aliphatic heterocycles. The smallest absolute Gasteiger partial charge is 0.346 e. The molecule has 0 radical (unpaired) electrons. The normalized spacial score (nSPS) is 10.1. The topological polar surface area (TPSA) is 63.6 Å². The molecule has 41 heavy (non-hydrogen) atoms. The van der Waals surface area contributed by atoms with E-state index < -0.39 is 22.8 Å². The molecule has 6 rings (SSSR count). The number of halogens is 3. The van der Waals surface area contributed by atoms with E-state index in [1.165, 1.54) is 36.4 Å². The van der Waals surface area contributed by atoms with Gasteiger partial charge in [-0.3, -0.25) is 4.79 Å². The van der Waals surface area contributed by atoms with Crippen LogP contribution in [0.25, 0.3) is 21.5 Å². The van der Waals surface area contributed by atoms with Crippen LogP contribution in [0.4, 0.5) is 8.78 Å². The molecule has 1 N–H and O–H groups in total. The van der Waals surface area contributed by atoms with Crippen molar-refractivity contribution in [3.63, 3.8) is 0 Å². The van der Waals surface area contributed by atoms with Crippen molar-refractivity contribution < 1.29 is 28.2 Å². The van der Waals surface area contributed by atoms with Gasteiger partial charge in [0, 0.05) is 10.8 Å². The average Bonchev–Trinajstić information content (AvgIpc) is 2.99. The summed E-state index contributed by atoms with van der Waals surface area (Å²) in [5.74, 6) is -1.08. The van der Waals surface area contributed by atoms with Crippen LogP contribution in [-0.4, -0.2) is 16.3 Å². The molecule has 0 aliphatic carbocycles. The van der Waals surface area contributed by atoms with Gasteiger partial charge >= 0.3 is 5.97 Å². The molecule has 6 aromatic rings. The van der Waals surface area contributed by atoms with Crippen LogP contribution in [0, 0.1) is 11.6 Å². The fraction of sp³-hybridized carbons (Fsp3) is 0. The van der Waals surface area contributed by atoms with Crippen molar-refractivity contribution in [3.8, 4) is 11.5 Å². The number of carbonyl (C=O) groups is 2. The highest BCUT2D eigenvalue weighted by molar-refractivity contribution is 6.67. The number of aromatic hydroxyl groups is 1. The summed E-state index contributed by atoms with van der Waals surface area (Å²) in [6.45, 7) is 0. The highest BCUT2D eigenvalue weighted by atomic mass is 35.5. The zero-order valence-corrected chi connectivity index (χ0v) is 22.3. The number of rotatable bonds is 3. The second-order valence-electron chi connectivity index (χ2n) is 8.60. The van der Waals surface area contributed by atoms with Gasteiger partial charge in [-0.2, -0.15) is 0 Å². The van der Waals surface area contributed by atoms with Gasteiger partial charge in [0.2, 0.25) is 0 Å². The van der Waals surface area contributed by atoms with E-state index in [0.717, 1.165) is 21.5 Å². The number of ether oxygens (including phenoxy) is 1. The lowest BCUT2D eigenvalue weighted by Crippen LogP contribution is -2.10. The van der Waals surface area contributed by atoms with E-state index in [-0.39, 0.29) is 11.1 Å². The summed E-state index contributed by atoms with van der Waals surface area (Å²) in [4.78, 5) is 22.4. The quantitative estimate of drug-likeness (QED) is 0.131. The summed E-state index contributed by atoms with van der Waals surface area (Å²) in [5, 5.41) is 12.4. The third-order valence-electron chi connectivity index (χ3n) is 5.90. The highest BCUT2D eigenvalue weighted by Crippen LogP contribution is 2.26. The van der Waals surface area contributed by atoms with Gasteiger partial charge in [-0.25, -0.2) is 13.6 Å². The fourth-order valence-electron chi connectivity index (χ4n) is 3.90. The van der Waals surface area contributed by atoms with Gasteiger partial charge in [0.15, 0.2) is 0 Å². The van der Waals surface area contributed by atoms with E-state index in [4.69, 9.17) is 16.3 Å². The predicted octanol–water partition coefficient (Wildman–Crippen LogP) is 8.95. The van der Waals surface area contributed by atoms with E-state index in [2.05, 4.69) is 0 Å². The Kier molecular flexibility index (Phi) is 9.75. The Balaban J connectivity index is 0.000000156. The Morgan fingerprint density at radius 1 is 0.561 bits per heavy atom. The van der Waals surface area contributed by atoms with Gasteiger partial charge in [0.25, 0.3) is 5.24 Å². The molecule has 204 valence electrons. The Bertz CT molecular complexity index is 1810. The first-order chi connectivity index (χ1) is 19.8. The molecule has 0 bridgehead atoms. The minimum absolute atomic E-state index is 0.0690. The number of phenolic OH excluding ortho intramolecular Hbond substituents is 1. The summed E-state index contributed by atoms with van der Waals surface area (Å²) in [6.07, 6.45) is 0. The summed E-state index contributed by atoms with van der Waals surface area (Å²) in [6, 6.07) is 37.6. The van der Waals surface area contributed by atoms with E-state index in [9.17, 15) is 23.5 Å². The zero-order valence-electron chi connectivity index (χ0n) is 21.5. The monoisotopic (exact) mass is 568 g/mol. The lowest BCUT2D eigenvalue weighted by Gasteiger charge is -2.08. The van der Waals surface area contributed by atoms with Crippen molar-refractivity contribution >= 4 is 44.4 Å². The van der Waals surface area contributed by atoms with Crippen LogP contribution < -0.4 is 4.74 Å². The highest BCUT2D eigenvalue weighted by Gasteiger charge is 2.14. The van der Waals surface area contributed by atoms with Crippen molar-refractivity contribution in [3.05, 3.63) is 156 Å². The van der Waals surface area contributed by atoms with Crippen molar-refractivity contribution in [2.24, 2.45) is 0 Å². The standard InChI is InChI=1S/C17H11FO2.C10H8O.C7H4ClFO/c18-15-10-4-3-9-14(15)17(19)20-16-11-5-7-12-6-1-2-8-13(12)16;11-10-7-3-5-8-4-1-2-6-9(8)10;8-7(10)5-3-1-2-4-6(5)9/h1-11H;1-7,11H;1-4H. The van der Waals surface area contributed by atoms with E-state index >= 15 is 0 Å². The van der Waals surface area contributed by atoms with Crippen molar-refractivity contribution in [2.45, 2.75) is 0 Å². The number of esters is 1. The number of phenols is 1. The molecule has 6 aromatic carbocycles. The molecule has 7 heteroatoms. The number of benzene rings is 6. The van der Waals surface area contributed by atoms with Crippen LogP contribution in [0.15, 0.2) is 133 Å². The molecule has 0 fully saturated rings. The molecular formula is C34H23ClF2O4. The van der Waals surface area contributed by atoms with Gasteiger partial charge in [-0.1, -0.05) is 97.1 Å². The lowest BCUT2D eigenvalue weighted by atomic mass is 10.1. The maximum absolute atomic E-state index is 13.6. The molecule has 0 saturated carbocycles. The van der Waals surface area contributed by atoms with Gasteiger partial charge in [-0.15, -0.1) is 0 Å². The number of fused-ring (bicyclic) bond motifs is 2. The SMILES string of the molecule is O=C(Cl)c1ccccc1F.O=C(Oc1cccc2ccccc12)c1ccccc1F.Oc1cccc2ccccc12. The van der Waals surface area contributed by atoms with Crippen LogP contribution in [0.5, 0.6) is 11.5 Å². The third-order valence-corrected chi connectivity index (χ3v) is 6.10. The molecular weight excluding hydrogens is 546 g/mol. The summed E-state index contributed by atoms with van der Waals surface area (Å²) < 4.78 is 31.4. The lowest BCUT2D eigenvalue weighted by molar-refractivity contribution is 0.0732. The Labute approximate surface area is 240 Å². The largest absolute Gasteiger partial charge is 0.507 e. The summed E-state index contributed by atoms with van der Waals surface area (Å²) >= 11 is 5.03. The molecule has 4 nitrogen and oxygen atoms in total. The molecule has 0 aliphatic rings. The first-order valence-electron chi connectivity index (χ1n) is 12.4. The first-order valence-corrected chi connectivity index (χ1v) is 12.8. The molecule has 0 unspecified atom stereocenters. The van der Waals surface area contributed by atoms with E-state index in [1.807, 2.05) is 66.7 Å². The first kappa shape index (κ1) is 28.9. The molecule has 0 spiro atoms. The van der Waals surface area contributed by atoms with Gasteiger partial charge < -0.3 is 9.84 Å². The Morgan fingerprint density at radius 2 is 1.02 bits per heavy atom. The summed E-state index contributed by atoms with van der Waals surface area (Å²) in [7, 11) is 0. The fourth-order valence-corrected chi connectivity index (χ4v) is 4.05. The molecule has 0 heterocycles. The third kappa shape index (κ3) is 7.53. The second kappa shape index (κ2) is 13.8. The van der Waals surface area contributed by atoms with Crippen LogP contribution in [0.1, 0.15) is 20.7 Å². The number of hydrogen-bond donors (Lipinski definition) is 1. The zero-order chi connectivity index (χ0) is 29.2. The molecule has 0 saturated heterocycles. The van der Waals surface area contributed by atoms with Gasteiger partial charge in [0.1, 0.15) is 23.1 Å². The Hall–Kier alpha value is -5.07. The van der Waals surface area contributed by atoms with Crippen molar-refractivity contribution in [2.75, 3.05) is 0 Å². The number of hydrogen-bond acceptors (Lipinski definition) is 4. The van der Waals surface area contributed by atoms with E-state index in [1.54, 1.807) is 30.3 Å². The summed E-state index contributed by atoms with van der Waals surface area (Å²) in [5.41, 5.74) is -0.149. The Morgan fingerprint density at radius 3 is 1.59 bits per heavy atom. The second-order valence-corrected chi connectivity index (χ2v) is 8.94. The minimum atomic E-state index is -0.766. The minimum Gasteiger partial charge on any atom is -0.507 e. The molecule has 0 aromatic heterocycles. The maximum atomic E-state index is 13.6. The predicted molar refractivity (Wildman–Crippen MR) is 158 cm³/mol. The van der Waals surface area contributed by atoms with Crippen LogP contribution in [-0.2, 0) is 0 Å². The van der Waals surface area contributed by atoms with E-state index in [0.29, 0.717) is 11.5 Å². The maximum Gasteiger partial charge on any atom is 0.346 e. The van der Waals surface area contributed by atoms with Crippen LogP contribution in [0.3, 0.4) is 0 Å². The van der Waals surface area contributed by atoms with Crippen molar-refractivity contribution in [1.29, 1.82) is 0 Å². The van der Waals surface area contributed by atoms with Crippen LogP contribution in [0.2, 0.25) is 0 Å². The van der Waals surface area contributed by atoms with Crippen LogP contribution >= 0.6 is 11.6 Å². The van der Waals surface area contributed by atoms with Gasteiger partial charge in [-0.05, 0) is 58.8 Å². The molecule has 0 atom stereocenters. The number of carbonyl (C=O) groups excluding carboxylic acids is 2. The van der Waals surface area contributed by atoms with Gasteiger partial charge in [0.05, 0.1) is 11.1 Å². The molecule has 0 amide bonds.